The van der Waals surface area contributed by atoms with Gasteiger partial charge in [0.2, 0.25) is 0 Å². The van der Waals surface area contributed by atoms with Gasteiger partial charge < -0.3 is 9.47 Å². The van der Waals surface area contributed by atoms with Crippen LogP contribution in [0.25, 0.3) is 0 Å². The van der Waals surface area contributed by atoms with E-state index in [0.717, 1.165) is 11.3 Å². The van der Waals surface area contributed by atoms with E-state index in [-0.39, 0.29) is 6.23 Å². The van der Waals surface area contributed by atoms with Gasteiger partial charge in [0.1, 0.15) is 5.75 Å². The maximum Gasteiger partial charge on any atom is 0.179 e. The molecule has 90 valence electrons. The number of halogens is 1. The summed E-state index contributed by atoms with van der Waals surface area (Å²) in [5.74, 6) is 0.756. The molecule has 0 aliphatic rings. The van der Waals surface area contributed by atoms with Crippen LogP contribution in [0, 0.1) is 0 Å². The van der Waals surface area contributed by atoms with Gasteiger partial charge >= 0.3 is 0 Å². The summed E-state index contributed by atoms with van der Waals surface area (Å²) < 4.78 is 12.4. The van der Waals surface area contributed by atoms with E-state index >= 15 is 0 Å². The molecule has 1 unspecified atom stereocenters. The highest BCUT2D eigenvalue weighted by Crippen LogP contribution is 2.28. The molecular formula is C12H13ClN2O2. The monoisotopic (exact) mass is 252 g/mol. The molecule has 0 amide bonds. The fourth-order valence-corrected chi connectivity index (χ4v) is 1.83. The van der Waals surface area contributed by atoms with E-state index in [4.69, 9.17) is 21.1 Å². The van der Waals surface area contributed by atoms with E-state index in [1.807, 2.05) is 24.3 Å². The molecule has 0 spiro atoms. The van der Waals surface area contributed by atoms with Crippen molar-refractivity contribution in [2.45, 2.75) is 6.23 Å². The number of hydrogen-bond acceptors (Lipinski definition) is 3. The molecule has 0 N–H and O–H groups in total. The van der Waals surface area contributed by atoms with Crippen molar-refractivity contribution in [1.82, 2.24) is 9.78 Å². The van der Waals surface area contributed by atoms with Crippen molar-refractivity contribution in [2.75, 3.05) is 14.2 Å². The van der Waals surface area contributed by atoms with E-state index < -0.39 is 0 Å². The van der Waals surface area contributed by atoms with Crippen LogP contribution >= 0.6 is 11.6 Å². The molecule has 0 radical (unpaired) electrons. The molecule has 0 aliphatic carbocycles. The van der Waals surface area contributed by atoms with Gasteiger partial charge in [-0.15, -0.1) is 0 Å². The minimum atomic E-state index is -0.348. The van der Waals surface area contributed by atoms with Gasteiger partial charge in [-0.2, -0.15) is 5.10 Å². The molecule has 0 fully saturated rings. The summed E-state index contributed by atoms with van der Waals surface area (Å²) in [6, 6.07) is 7.65. The van der Waals surface area contributed by atoms with Gasteiger partial charge in [-0.25, -0.2) is 4.68 Å². The number of hydrogen-bond donors (Lipinski definition) is 0. The molecular weight excluding hydrogens is 240 g/mol. The Bertz CT molecular complexity index is 499. The van der Waals surface area contributed by atoms with Crippen LogP contribution in [0.3, 0.4) is 0 Å². The normalized spacial score (nSPS) is 12.4. The van der Waals surface area contributed by atoms with Gasteiger partial charge in [-0.3, -0.25) is 0 Å². The van der Waals surface area contributed by atoms with Gasteiger partial charge in [-0.05, 0) is 6.07 Å². The van der Waals surface area contributed by atoms with Crippen molar-refractivity contribution in [2.24, 2.45) is 0 Å². The minimum Gasteiger partial charge on any atom is -0.496 e. The summed E-state index contributed by atoms with van der Waals surface area (Å²) in [5, 5.41) is 4.71. The van der Waals surface area contributed by atoms with E-state index in [1.165, 1.54) is 0 Å². The smallest absolute Gasteiger partial charge is 0.179 e. The molecule has 0 bridgehead atoms. The summed E-state index contributed by atoms with van der Waals surface area (Å²) in [6.45, 7) is 0. The Morgan fingerprint density at radius 3 is 2.65 bits per heavy atom. The lowest BCUT2D eigenvalue weighted by Gasteiger charge is -2.18. The summed E-state index contributed by atoms with van der Waals surface area (Å²) in [5.41, 5.74) is 0.900. The molecule has 0 saturated carbocycles. The number of ether oxygens (including phenoxy) is 2. The molecule has 1 aromatic heterocycles. The largest absolute Gasteiger partial charge is 0.496 e. The second-order valence-corrected chi connectivity index (χ2v) is 3.91. The van der Waals surface area contributed by atoms with Gasteiger partial charge in [0, 0.05) is 18.9 Å². The second kappa shape index (κ2) is 5.21. The second-order valence-electron chi connectivity index (χ2n) is 3.47. The molecule has 17 heavy (non-hydrogen) atoms. The Morgan fingerprint density at radius 2 is 2.06 bits per heavy atom. The lowest BCUT2D eigenvalue weighted by atomic mass is 10.2. The summed E-state index contributed by atoms with van der Waals surface area (Å²) in [4.78, 5) is 0. The maximum absolute atomic E-state index is 5.85. The van der Waals surface area contributed by atoms with Crippen molar-refractivity contribution >= 4 is 11.6 Å². The molecule has 2 aromatic rings. The maximum atomic E-state index is 5.85. The Hall–Kier alpha value is -1.52. The van der Waals surface area contributed by atoms with Crippen LogP contribution in [0.5, 0.6) is 5.75 Å². The third-order valence-corrected chi connectivity index (χ3v) is 2.63. The van der Waals surface area contributed by atoms with Crippen LogP contribution in [0.1, 0.15) is 11.8 Å². The number of methoxy groups -OCH3 is 2. The Balaban J connectivity index is 2.41. The van der Waals surface area contributed by atoms with E-state index in [1.54, 1.807) is 31.3 Å². The molecule has 2 rings (SSSR count). The van der Waals surface area contributed by atoms with Crippen LogP contribution in [0.2, 0.25) is 5.02 Å². The average Bonchev–Trinajstić information content (AvgIpc) is 2.77. The van der Waals surface area contributed by atoms with Crippen LogP contribution in [0.4, 0.5) is 0 Å². The molecule has 5 heteroatoms. The fraction of sp³-hybridized carbons (Fsp3) is 0.250. The third-order valence-electron chi connectivity index (χ3n) is 2.44. The first kappa shape index (κ1) is 12.0. The molecule has 0 aliphatic heterocycles. The average molecular weight is 253 g/mol. The predicted octanol–water partition coefficient (Wildman–Crippen LogP) is 2.74. The van der Waals surface area contributed by atoms with Gasteiger partial charge in [0.05, 0.1) is 18.3 Å². The lowest BCUT2D eigenvalue weighted by Crippen LogP contribution is -2.14. The van der Waals surface area contributed by atoms with Gasteiger partial charge in [0.25, 0.3) is 0 Å². The first-order chi connectivity index (χ1) is 8.26. The standard InChI is InChI=1S/C12H13ClN2O2/c1-16-11-6-4-3-5-10(11)12(17-2)15-8-9(13)7-14-15/h3-8,12H,1-2H3. The van der Waals surface area contributed by atoms with Crippen LogP contribution in [-0.2, 0) is 4.74 Å². The van der Waals surface area contributed by atoms with Crippen LogP contribution in [0.15, 0.2) is 36.7 Å². The highest BCUT2D eigenvalue weighted by molar-refractivity contribution is 6.30. The highest BCUT2D eigenvalue weighted by atomic mass is 35.5. The topological polar surface area (TPSA) is 36.3 Å². The number of benzene rings is 1. The molecule has 1 heterocycles. The predicted molar refractivity (Wildman–Crippen MR) is 65.4 cm³/mol. The summed E-state index contributed by atoms with van der Waals surface area (Å²) in [7, 11) is 3.24. The van der Waals surface area contributed by atoms with Crippen LogP contribution in [-0.4, -0.2) is 24.0 Å². The van der Waals surface area contributed by atoms with E-state index in [9.17, 15) is 0 Å². The molecule has 1 aromatic carbocycles. The Kier molecular flexibility index (Phi) is 3.66. The highest BCUT2D eigenvalue weighted by Gasteiger charge is 2.17. The number of para-hydroxylation sites is 1. The Labute approximate surface area is 105 Å². The molecule has 1 atom stereocenters. The fourth-order valence-electron chi connectivity index (χ4n) is 1.69. The number of nitrogens with zero attached hydrogens (tertiary/aromatic N) is 2. The first-order valence-electron chi connectivity index (χ1n) is 5.11. The Morgan fingerprint density at radius 1 is 1.29 bits per heavy atom. The van der Waals surface area contributed by atoms with Crippen molar-refractivity contribution in [3.8, 4) is 5.75 Å². The van der Waals surface area contributed by atoms with Crippen LogP contribution < -0.4 is 4.74 Å². The van der Waals surface area contributed by atoms with Crippen molar-refractivity contribution in [3.63, 3.8) is 0 Å². The lowest BCUT2D eigenvalue weighted by molar-refractivity contribution is 0.0660. The third kappa shape index (κ3) is 2.43. The van der Waals surface area contributed by atoms with E-state index in [2.05, 4.69) is 5.10 Å². The zero-order valence-electron chi connectivity index (χ0n) is 9.63. The van der Waals surface area contributed by atoms with Crippen molar-refractivity contribution < 1.29 is 9.47 Å². The minimum absolute atomic E-state index is 0.348. The van der Waals surface area contributed by atoms with Crippen molar-refractivity contribution in [1.29, 1.82) is 0 Å². The van der Waals surface area contributed by atoms with Gasteiger partial charge in [0.15, 0.2) is 6.23 Å². The molecule has 0 saturated heterocycles. The first-order valence-corrected chi connectivity index (χ1v) is 5.49. The zero-order chi connectivity index (χ0) is 12.3. The number of aromatic nitrogens is 2. The SMILES string of the molecule is COc1ccccc1C(OC)n1cc(Cl)cn1. The number of rotatable bonds is 4. The van der Waals surface area contributed by atoms with Gasteiger partial charge in [-0.1, -0.05) is 29.8 Å². The van der Waals surface area contributed by atoms with Crippen molar-refractivity contribution in [3.05, 3.63) is 47.2 Å². The summed E-state index contributed by atoms with van der Waals surface area (Å²) in [6.07, 6.45) is 2.93. The van der Waals surface area contributed by atoms with E-state index in [0.29, 0.717) is 5.02 Å². The molecule has 4 nitrogen and oxygen atoms in total. The quantitative estimate of drug-likeness (QED) is 0.840. The zero-order valence-corrected chi connectivity index (χ0v) is 10.4. The summed E-state index contributed by atoms with van der Waals surface area (Å²) >= 11 is 5.85.